The summed E-state index contributed by atoms with van der Waals surface area (Å²) in [6.45, 7) is 2.05. The fraction of sp³-hybridized carbons (Fsp3) is 0.250. The fourth-order valence-corrected chi connectivity index (χ4v) is 2.32. The van der Waals surface area contributed by atoms with Crippen LogP contribution in [0.1, 0.15) is 19.0 Å². The molecule has 2 rings (SSSR count). The van der Waals surface area contributed by atoms with Gasteiger partial charge in [0, 0.05) is 6.20 Å². The molecule has 0 bridgehead atoms. The molecule has 0 saturated carbocycles. The van der Waals surface area contributed by atoms with E-state index in [9.17, 15) is 4.79 Å². The van der Waals surface area contributed by atoms with Crippen LogP contribution in [-0.2, 0) is 6.42 Å². The summed E-state index contributed by atoms with van der Waals surface area (Å²) in [7, 11) is 0. The fourth-order valence-electron chi connectivity index (χ4n) is 1.58. The van der Waals surface area contributed by atoms with Gasteiger partial charge < -0.3 is 4.98 Å². The Labute approximate surface area is 123 Å². The van der Waals surface area contributed by atoms with Crippen LogP contribution in [0.3, 0.4) is 0 Å². The topological polar surface area (TPSA) is 58.6 Å². The van der Waals surface area contributed by atoms with Gasteiger partial charge in [0.15, 0.2) is 5.82 Å². The van der Waals surface area contributed by atoms with Crippen LogP contribution in [-0.4, -0.2) is 15.0 Å². The molecule has 2 aromatic rings. The van der Waals surface area contributed by atoms with Crippen molar-refractivity contribution in [3.8, 4) is 11.5 Å². The van der Waals surface area contributed by atoms with Gasteiger partial charge >= 0.3 is 0 Å². The predicted molar refractivity (Wildman–Crippen MR) is 79.8 cm³/mol. The van der Waals surface area contributed by atoms with E-state index in [1.807, 2.05) is 29.5 Å². The second-order valence-corrected chi connectivity index (χ2v) is 5.24. The summed E-state index contributed by atoms with van der Waals surface area (Å²) in [5, 5.41) is 0.476. The molecule has 0 fully saturated rings. The van der Waals surface area contributed by atoms with Crippen LogP contribution in [0, 0.1) is 3.57 Å². The van der Waals surface area contributed by atoms with E-state index in [-0.39, 0.29) is 5.56 Å². The lowest BCUT2D eigenvalue weighted by atomic mass is 10.2. The smallest absolute Gasteiger partial charge is 0.264 e. The van der Waals surface area contributed by atoms with Gasteiger partial charge in [-0.3, -0.25) is 9.78 Å². The van der Waals surface area contributed by atoms with Gasteiger partial charge in [-0.1, -0.05) is 24.9 Å². The van der Waals surface area contributed by atoms with Gasteiger partial charge in [-0.25, -0.2) is 4.98 Å². The Morgan fingerprint density at radius 2 is 2.28 bits per heavy atom. The van der Waals surface area contributed by atoms with Crippen molar-refractivity contribution in [2.75, 3.05) is 0 Å². The van der Waals surface area contributed by atoms with E-state index in [2.05, 4.69) is 15.0 Å². The number of aryl methyl sites for hydroxylation is 1. The van der Waals surface area contributed by atoms with Gasteiger partial charge in [0.1, 0.15) is 5.69 Å². The zero-order valence-electron chi connectivity index (χ0n) is 9.70. The lowest BCUT2D eigenvalue weighted by Gasteiger charge is -2.06. The lowest BCUT2D eigenvalue weighted by Crippen LogP contribution is -2.16. The van der Waals surface area contributed by atoms with Crippen molar-refractivity contribution < 1.29 is 0 Å². The lowest BCUT2D eigenvalue weighted by molar-refractivity contribution is 0.858. The van der Waals surface area contributed by atoms with E-state index in [4.69, 9.17) is 11.6 Å². The number of H-pyrrole nitrogens is 1. The highest BCUT2D eigenvalue weighted by Gasteiger charge is 2.12. The number of halogens is 2. The highest BCUT2D eigenvalue weighted by molar-refractivity contribution is 14.1. The van der Waals surface area contributed by atoms with Gasteiger partial charge in [-0.15, -0.1) is 0 Å². The minimum Gasteiger partial charge on any atom is -0.304 e. The van der Waals surface area contributed by atoms with Gasteiger partial charge in [0.05, 0.1) is 14.3 Å². The molecule has 94 valence electrons. The first-order valence-electron chi connectivity index (χ1n) is 5.53. The Balaban J connectivity index is 2.59. The first-order chi connectivity index (χ1) is 8.63. The Bertz CT molecular complexity index is 627. The van der Waals surface area contributed by atoms with Crippen molar-refractivity contribution in [2.24, 2.45) is 0 Å². The van der Waals surface area contributed by atoms with Crippen molar-refractivity contribution in [2.45, 2.75) is 19.8 Å². The summed E-state index contributed by atoms with van der Waals surface area (Å²) in [5.74, 6) is 0.425. The SMILES string of the molecule is CCCc1nc(-c2ncccc2Cl)[nH]c(=O)c1I. The number of aromatic amines is 1. The third-order valence-corrected chi connectivity index (χ3v) is 3.82. The van der Waals surface area contributed by atoms with Crippen molar-refractivity contribution in [1.82, 2.24) is 15.0 Å². The third-order valence-electron chi connectivity index (χ3n) is 2.40. The number of hydrogen-bond donors (Lipinski definition) is 1. The molecular formula is C12H11ClIN3O. The quantitative estimate of drug-likeness (QED) is 0.839. The summed E-state index contributed by atoms with van der Waals surface area (Å²) in [5.41, 5.74) is 1.15. The van der Waals surface area contributed by atoms with E-state index < -0.39 is 0 Å². The van der Waals surface area contributed by atoms with Gasteiger partial charge in [0.2, 0.25) is 0 Å². The predicted octanol–water partition coefficient (Wildman–Crippen LogP) is 3.04. The maximum absolute atomic E-state index is 11.8. The maximum atomic E-state index is 11.8. The second-order valence-electron chi connectivity index (χ2n) is 3.76. The normalized spacial score (nSPS) is 10.6. The zero-order valence-corrected chi connectivity index (χ0v) is 12.6. The largest absolute Gasteiger partial charge is 0.304 e. The molecule has 6 heteroatoms. The van der Waals surface area contributed by atoms with Gasteiger partial charge in [0.25, 0.3) is 5.56 Å². The number of nitrogens with one attached hydrogen (secondary N) is 1. The molecule has 0 aliphatic carbocycles. The zero-order chi connectivity index (χ0) is 13.1. The van der Waals surface area contributed by atoms with Crippen LogP contribution in [0.5, 0.6) is 0 Å². The van der Waals surface area contributed by atoms with E-state index in [0.29, 0.717) is 20.1 Å². The van der Waals surface area contributed by atoms with Gasteiger partial charge in [-0.2, -0.15) is 0 Å². The Morgan fingerprint density at radius 1 is 1.50 bits per heavy atom. The Kier molecular flexibility index (Phi) is 4.34. The first kappa shape index (κ1) is 13.5. The summed E-state index contributed by atoms with van der Waals surface area (Å²) in [4.78, 5) is 23.2. The maximum Gasteiger partial charge on any atom is 0.264 e. The van der Waals surface area contributed by atoms with Crippen LogP contribution in [0.4, 0.5) is 0 Å². The van der Waals surface area contributed by atoms with E-state index >= 15 is 0 Å². The first-order valence-corrected chi connectivity index (χ1v) is 6.98. The molecule has 0 aromatic carbocycles. The summed E-state index contributed by atoms with van der Waals surface area (Å²) in [6, 6.07) is 3.46. The van der Waals surface area contributed by atoms with Crippen molar-refractivity contribution in [3.63, 3.8) is 0 Å². The van der Waals surface area contributed by atoms with Crippen LogP contribution in [0.25, 0.3) is 11.5 Å². The number of nitrogens with zero attached hydrogens (tertiary/aromatic N) is 2. The summed E-state index contributed by atoms with van der Waals surface area (Å²) in [6.07, 6.45) is 3.32. The number of pyridine rings is 1. The highest BCUT2D eigenvalue weighted by Crippen LogP contribution is 2.22. The molecule has 0 spiro atoms. The van der Waals surface area contributed by atoms with E-state index in [1.165, 1.54) is 0 Å². The third kappa shape index (κ3) is 2.72. The van der Waals surface area contributed by atoms with E-state index in [0.717, 1.165) is 18.5 Å². The van der Waals surface area contributed by atoms with Crippen LogP contribution < -0.4 is 5.56 Å². The van der Waals surface area contributed by atoms with Crippen molar-refractivity contribution in [1.29, 1.82) is 0 Å². The molecule has 18 heavy (non-hydrogen) atoms. The minimum atomic E-state index is -0.147. The Hall–Kier alpha value is -0.950. The summed E-state index contributed by atoms with van der Waals surface area (Å²) < 4.78 is 0.630. The standard InChI is InChI=1S/C12H11ClIN3O/c1-2-4-8-9(14)12(18)17-11(16-8)10-7(13)5-3-6-15-10/h3,5-6H,2,4H2,1H3,(H,16,17,18). The molecule has 2 heterocycles. The number of aromatic nitrogens is 3. The average molecular weight is 376 g/mol. The Morgan fingerprint density at radius 3 is 2.94 bits per heavy atom. The number of rotatable bonds is 3. The van der Waals surface area contributed by atoms with Gasteiger partial charge in [-0.05, 0) is 41.1 Å². The van der Waals surface area contributed by atoms with Crippen LogP contribution >= 0.6 is 34.2 Å². The molecule has 0 radical (unpaired) electrons. The van der Waals surface area contributed by atoms with Crippen LogP contribution in [0.2, 0.25) is 5.02 Å². The molecule has 0 aliphatic rings. The molecule has 0 atom stereocenters. The van der Waals surface area contributed by atoms with Crippen LogP contribution in [0.15, 0.2) is 23.1 Å². The molecule has 1 N–H and O–H groups in total. The van der Waals surface area contributed by atoms with Crippen molar-refractivity contribution in [3.05, 3.63) is 43.0 Å². The molecule has 0 amide bonds. The van der Waals surface area contributed by atoms with E-state index in [1.54, 1.807) is 18.3 Å². The average Bonchev–Trinajstić information content (AvgIpc) is 2.35. The molecule has 2 aromatic heterocycles. The second kappa shape index (κ2) is 5.79. The highest BCUT2D eigenvalue weighted by atomic mass is 127. The number of hydrogen-bond acceptors (Lipinski definition) is 3. The molecule has 0 saturated heterocycles. The van der Waals surface area contributed by atoms with Crippen molar-refractivity contribution >= 4 is 34.2 Å². The monoisotopic (exact) mass is 375 g/mol. The summed E-state index contributed by atoms with van der Waals surface area (Å²) >= 11 is 8.07. The molecular weight excluding hydrogens is 365 g/mol. The minimum absolute atomic E-state index is 0.147. The molecule has 0 aliphatic heterocycles. The molecule has 4 nitrogen and oxygen atoms in total. The molecule has 0 unspecified atom stereocenters.